The predicted molar refractivity (Wildman–Crippen MR) is 67.7 cm³/mol. The maximum absolute atomic E-state index is 5.67. The first-order valence-electron chi connectivity index (χ1n) is 4.86. The molecular weight excluding hydrogens is 197 g/mol. The molecule has 0 amide bonds. The van der Waals surface area contributed by atoms with Gasteiger partial charge in [0.1, 0.15) is 19.4 Å². The smallest absolute Gasteiger partial charge is 0.149 e. The van der Waals surface area contributed by atoms with Gasteiger partial charge in [0.05, 0.1) is 0 Å². The third-order valence-corrected chi connectivity index (χ3v) is 2.07. The summed E-state index contributed by atoms with van der Waals surface area (Å²) >= 11 is 0. The molecule has 0 saturated heterocycles. The molecule has 1 aromatic heterocycles. The molecule has 2 aromatic rings. The van der Waals surface area contributed by atoms with Gasteiger partial charge in [0.15, 0.2) is 0 Å². The molecule has 0 aliphatic rings. The quantitative estimate of drug-likeness (QED) is 0.594. The molecule has 4 heteroatoms. The van der Waals surface area contributed by atoms with Gasteiger partial charge in [-0.15, -0.1) is 0 Å². The molecule has 2 N–H and O–H groups in total. The minimum atomic E-state index is 0.376. The van der Waals surface area contributed by atoms with Crippen molar-refractivity contribution >= 4 is 31.0 Å². The van der Waals surface area contributed by atoms with Gasteiger partial charge < -0.3 is 5.73 Å². The van der Waals surface area contributed by atoms with Crippen molar-refractivity contribution in [3.8, 4) is 0 Å². The Kier molecular flexibility index (Phi) is 3.01. The fraction of sp³-hybridized carbons (Fsp3) is 0. The standard InChI is InChI=1S/C12H10BN3/c13-10-6-11(12(14)16-8-10)15-7-9-4-2-1-3-5-9/h1-8H,(H2,14,16). The van der Waals surface area contributed by atoms with Crippen molar-refractivity contribution < 1.29 is 0 Å². The first kappa shape index (κ1) is 10.4. The second kappa shape index (κ2) is 4.62. The number of benzene rings is 1. The number of anilines is 1. The van der Waals surface area contributed by atoms with Crippen molar-refractivity contribution in [2.75, 3.05) is 5.73 Å². The van der Waals surface area contributed by atoms with E-state index >= 15 is 0 Å². The Morgan fingerprint density at radius 3 is 2.75 bits per heavy atom. The van der Waals surface area contributed by atoms with Gasteiger partial charge in [-0.05, 0) is 11.6 Å². The summed E-state index contributed by atoms with van der Waals surface area (Å²) in [6, 6.07) is 11.5. The summed E-state index contributed by atoms with van der Waals surface area (Å²) in [7, 11) is 5.60. The molecular formula is C12H10BN3. The van der Waals surface area contributed by atoms with Crippen LogP contribution < -0.4 is 11.2 Å². The zero-order valence-electron chi connectivity index (χ0n) is 8.67. The average Bonchev–Trinajstić information content (AvgIpc) is 2.32. The molecule has 2 rings (SSSR count). The predicted octanol–water partition coefficient (Wildman–Crippen LogP) is 1.21. The first-order valence-corrected chi connectivity index (χ1v) is 4.86. The molecule has 2 radical (unpaired) electrons. The van der Waals surface area contributed by atoms with E-state index in [1.807, 2.05) is 30.3 Å². The van der Waals surface area contributed by atoms with Crippen LogP contribution in [0.5, 0.6) is 0 Å². The number of nitrogen functional groups attached to an aromatic ring is 1. The molecule has 0 aliphatic heterocycles. The molecule has 16 heavy (non-hydrogen) atoms. The van der Waals surface area contributed by atoms with E-state index in [-0.39, 0.29) is 0 Å². The van der Waals surface area contributed by atoms with Crippen LogP contribution in [0.3, 0.4) is 0 Å². The maximum Gasteiger partial charge on any atom is 0.149 e. The minimum Gasteiger partial charge on any atom is -0.382 e. The van der Waals surface area contributed by atoms with Crippen molar-refractivity contribution in [1.82, 2.24) is 4.98 Å². The zero-order valence-corrected chi connectivity index (χ0v) is 8.67. The largest absolute Gasteiger partial charge is 0.382 e. The normalized spacial score (nSPS) is 10.8. The molecule has 0 fully saturated rings. The molecule has 1 heterocycles. The first-order chi connectivity index (χ1) is 7.75. The van der Waals surface area contributed by atoms with Crippen molar-refractivity contribution in [1.29, 1.82) is 0 Å². The fourth-order valence-electron chi connectivity index (χ4n) is 1.27. The average molecular weight is 207 g/mol. The van der Waals surface area contributed by atoms with E-state index in [4.69, 9.17) is 13.6 Å². The number of aliphatic imine (C=N–C) groups is 1. The molecule has 1 aromatic carbocycles. The van der Waals surface area contributed by atoms with Gasteiger partial charge >= 0.3 is 0 Å². The lowest BCUT2D eigenvalue weighted by atomic mass is 9.98. The minimum absolute atomic E-state index is 0.376. The van der Waals surface area contributed by atoms with Crippen molar-refractivity contribution in [3.63, 3.8) is 0 Å². The highest BCUT2D eigenvalue weighted by atomic mass is 14.9. The summed E-state index contributed by atoms with van der Waals surface area (Å²) < 4.78 is 0. The van der Waals surface area contributed by atoms with Gasteiger partial charge in [0.2, 0.25) is 0 Å². The topological polar surface area (TPSA) is 51.3 Å². The Labute approximate surface area is 95.5 Å². The molecule has 0 bridgehead atoms. The SMILES string of the molecule is [B]c1cnc(N)c(N=Cc2ccccc2)c1. The van der Waals surface area contributed by atoms with Crippen LogP contribution in [-0.2, 0) is 0 Å². The van der Waals surface area contributed by atoms with Crippen molar-refractivity contribution in [2.24, 2.45) is 4.99 Å². The highest BCUT2D eigenvalue weighted by Gasteiger charge is 1.97. The van der Waals surface area contributed by atoms with Gasteiger partial charge in [-0.3, -0.25) is 4.99 Å². The molecule has 0 unspecified atom stereocenters. The van der Waals surface area contributed by atoms with E-state index in [9.17, 15) is 0 Å². The van der Waals surface area contributed by atoms with Crippen molar-refractivity contribution in [2.45, 2.75) is 0 Å². The Morgan fingerprint density at radius 1 is 1.25 bits per heavy atom. The van der Waals surface area contributed by atoms with Crippen LogP contribution in [0.4, 0.5) is 11.5 Å². The van der Waals surface area contributed by atoms with Crippen LogP contribution in [0.25, 0.3) is 0 Å². The molecule has 76 valence electrons. The summed E-state index contributed by atoms with van der Waals surface area (Å²) in [6.45, 7) is 0. The number of rotatable bonds is 2. The van der Waals surface area contributed by atoms with E-state index < -0.39 is 0 Å². The Bertz CT molecular complexity index is 509. The number of aromatic nitrogens is 1. The van der Waals surface area contributed by atoms with Crippen LogP contribution >= 0.6 is 0 Å². The summed E-state index contributed by atoms with van der Waals surface area (Å²) in [6.07, 6.45) is 3.24. The van der Waals surface area contributed by atoms with Gasteiger partial charge in [0.25, 0.3) is 0 Å². The van der Waals surface area contributed by atoms with Crippen LogP contribution in [0.2, 0.25) is 0 Å². The number of hydrogen-bond acceptors (Lipinski definition) is 3. The van der Waals surface area contributed by atoms with Crippen molar-refractivity contribution in [3.05, 3.63) is 48.2 Å². The number of pyridine rings is 1. The fourth-order valence-corrected chi connectivity index (χ4v) is 1.27. The summed E-state index contributed by atoms with van der Waals surface area (Å²) in [5.41, 5.74) is 7.81. The second-order valence-electron chi connectivity index (χ2n) is 3.34. The van der Waals surface area contributed by atoms with E-state index in [0.717, 1.165) is 5.56 Å². The van der Waals surface area contributed by atoms with Crippen LogP contribution in [0, 0.1) is 0 Å². The molecule has 0 aliphatic carbocycles. The molecule has 0 spiro atoms. The number of nitrogens with zero attached hydrogens (tertiary/aromatic N) is 2. The summed E-state index contributed by atoms with van der Waals surface area (Å²) in [5.74, 6) is 0.376. The van der Waals surface area contributed by atoms with Gasteiger partial charge in [-0.25, -0.2) is 4.98 Å². The van der Waals surface area contributed by atoms with Gasteiger partial charge in [-0.1, -0.05) is 35.8 Å². The van der Waals surface area contributed by atoms with Crippen LogP contribution in [-0.4, -0.2) is 19.0 Å². The third kappa shape index (κ3) is 2.48. The highest BCUT2D eigenvalue weighted by Crippen LogP contribution is 2.16. The van der Waals surface area contributed by atoms with E-state index in [0.29, 0.717) is 17.0 Å². The molecule has 3 nitrogen and oxygen atoms in total. The van der Waals surface area contributed by atoms with Gasteiger partial charge in [0, 0.05) is 12.4 Å². The number of hydrogen-bond donors (Lipinski definition) is 1. The lowest BCUT2D eigenvalue weighted by molar-refractivity contribution is 1.33. The number of nitrogens with two attached hydrogens (primary N) is 1. The van der Waals surface area contributed by atoms with Crippen LogP contribution in [0.1, 0.15) is 5.56 Å². The van der Waals surface area contributed by atoms with Crippen LogP contribution in [0.15, 0.2) is 47.6 Å². The lowest BCUT2D eigenvalue weighted by Gasteiger charge is -2.00. The van der Waals surface area contributed by atoms with E-state index in [2.05, 4.69) is 9.98 Å². The third-order valence-electron chi connectivity index (χ3n) is 2.07. The van der Waals surface area contributed by atoms with Gasteiger partial charge in [-0.2, -0.15) is 0 Å². The monoisotopic (exact) mass is 207 g/mol. The zero-order chi connectivity index (χ0) is 11.4. The Hall–Kier alpha value is -2.10. The second-order valence-corrected chi connectivity index (χ2v) is 3.34. The Morgan fingerprint density at radius 2 is 2.00 bits per heavy atom. The highest BCUT2D eigenvalue weighted by molar-refractivity contribution is 6.32. The molecule has 0 saturated carbocycles. The molecule has 0 atom stereocenters. The van der Waals surface area contributed by atoms with E-state index in [1.165, 1.54) is 6.20 Å². The Balaban J connectivity index is 2.27. The van der Waals surface area contributed by atoms with E-state index in [1.54, 1.807) is 12.3 Å². The maximum atomic E-state index is 5.67. The summed E-state index contributed by atoms with van der Waals surface area (Å²) in [4.78, 5) is 8.17. The summed E-state index contributed by atoms with van der Waals surface area (Å²) in [5, 5.41) is 0. The lowest BCUT2D eigenvalue weighted by Crippen LogP contribution is -2.04.